The molecule has 0 aliphatic heterocycles. The zero-order chi connectivity index (χ0) is 13.9. The van der Waals surface area contributed by atoms with Gasteiger partial charge < -0.3 is 0 Å². The number of aryl methyl sites for hydroxylation is 1. The van der Waals surface area contributed by atoms with E-state index in [0.29, 0.717) is 23.2 Å². The molecule has 6 nitrogen and oxygen atoms in total. The molecule has 0 radical (unpaired) electrons. The minimum Gasteiger partial charge on any atom is -0.298 e. The molecule has 0 bridgehead atoms. The second-order valence-corrected chi connectivity index (χ2v) is 6.42. The van der Waals surface area contributed by atoms with Crippen molar-refractivity contribution in [2.24, 2.45) is 0 Å². The molecule has 100 valence electrons. The summed E-state index contributed by atoms with van der Waals surface area (Å²) in [5, 5.41) is 4.21. The molecule has 0 fully saturated rings. The van der Waals surface area contributed by atoms with E-state index >= 15 is 0 Å². The second kappa shape index (κ2) is 5.31. The van der Waals surface area contributed by atoms with E-state index in [1.54, 1.807) is 24.4 Å². The Morgan fingerprint density at radius 2 is 2.16 bits per heavy atom. The molecule has 0 saturated carbocycles. The van der Waals surface area contributed by atoms with Crippen LogP contribution >= 0.6 is 0 Å². The van der Waals surface area contributed by atoms with Crippen molar-refractivity contribution < 1.29 is 13.2 Å². The Bertz CT molecular complexity index is 678. The lowest BCUT2D eigenvalue weighted by Gasteiger charge is -1.99. The maximum Gasteiger partial charge on any atom is 0.153 e. The summed E-state index contributed by atoms with van der Waals surface area (Å²) >= 11 is 0. The zero-order valence-corrected chi connectivity index (χ0v) is 11.2. The third-order valence-corrected chi connectivity index (χ3v) is 3.44. The zero-order valence-electron chi connectivity index (χ0n) is 10.4. The minimum absolute atomic E-state index is 0.0192. The molecule has 0 atom stereocenters. The molecule has 2 heterocycles. The highest BCUT2D eigenvalue weighted by atomic mass is 32.2. The Morgan fingerprint density at radius 3 is 2.74 bits per heavy atom. The summed E-state index contributed by atoms with van der Waals surface area (Å²) in [6.07, 6.45) is 4.99. The summed E-state index contributed by atoms with van der Waals surface area (Å²) in [5.74, 6) is -0.0192. The van der Waals surface area contributed by atoms with Gasteiger partial charge in [-0.2, -0.15) is 5.10 Å². The van der Waals surface area contributed by atoms with Crippen LogP contribution in [0.1, 0.15) is 10.4 Å². The van der Waals surface area contributed by atoms with E-state index in [0.717, 1.165) is 6.26 Å². The summed E-state index contributed by atoms with van der Waals surface area (Å²) < 4.78 is 23.7. The summed E-state index contributed by atoms with van der Waals surface area (Å²) in [7, 11) is -3.06. The van der Waals surface area contributed by atoms with E-state index in [4.69, 9.17) is 0 Å². The highest BCUT2D eigenvalue weighted by molar-refractivity contribution is 7.90. The molecule has 0 unspecified atom stereocenters. The first kappa shape index (κ1) is 13.4. The molecule has 2 rings (SSSR count). The van der Waals surface area contributed by atoms with Crippen LogP contribution in [0.3, 0.4) is 0 Å². The SMILES string of the molecule is CS(=O)(=O)CCn1cc(C=O)c(-c2ccccn2)n1. The smallest absolute Gasteiger partial charge is 0.153 e. The van der Waals surface area contributed by atoms with Gasteiger partial charge in [0.15, 0.2) is 6.29 Å². The van der Waals surface area contributed by atoms with Crippen molar-refractivity contribution in [3.8, 4) is 11.4 Å². The van der Waals surface area contributed by atoms with Crippen LogP contribution in [0.5, 0.6) is 0 Å². The average molecular weight is 279 g/mol. The fourth-order valence-electron chi connectivity index (χ4n) is 1.60. The second-order valence-electron chi connectivity index (χ2n) is 4.16. The van der Waals surface area contributed by atoms with Crippen LogP contribution in [0, 0.1) is 0 Å². The van der Waals surface area contributed by atoms with Gasteiger partial charge in [-0.3, -0.25) is 14.5 Å². The lowest BCUT2D eigenvalue weighted by molar-refractivity contribution is 0.112. The molecule has 0 saturated heterocycles. The number of rotatable bonds is 5. The van der Waals surface area contributed by atoms with Crippen LogP contribution in [0.2, 0.25) is 0 Å². The summed E-state index contributed by atoms with van der Waals surface area (Å²) in [5.41, 5.74) is 1.44. The van der Waals surface area contributed by atoms with Gasteiger partial charge in [-0.25, -0.2) is 8.42 Å². The Kier molecular flexibility index (Phi) is 3.75. The van der Waals surface area contributed by atoms with Gasteiger partial charge in [0.25, 0.3) is 0 Å². The van der Waals surface area contributed by atoms with Crippen molar-refractivity contribution in [3.05, 3.63) is 36.2 Å². The fraction of sp³-hybridized carbons (Fsp3) is 0.250. The van der Waals surface area contributed by atoms with Crippen molar-refractivity contribution in [2.75, 3.05) is 12.0 Å². The predicted molar refractivity (Wildman–Crippen MR) is 70.6 cm³/mol. The molecule has 0 aliphatic rings. The predicted octanol–water partition coefficient (Wildman–Crippen LogP) is 0.802. The van der Waals surface area contributed by atoms with Crippen molar-refractivity contribution >= 4 is 16.1 Å². The first-order chi connectivity index (χ1) is 8.99. The Hall–Kier alpha value is -2.02. The van der Waals surface area contributed by atoms with Crippen LogP contribution in [0.15, 0.2) is 30.6 Å². The number of nitrogens with zero attached hydrogens (tertiary/aromatic N) is 3. The number of pyridine rings is 1. The lowest BCUT2D eigenvalue weighted by Crippen LogP contribution is -2.11. The highest BCUT2D eigenvalue weighted by Gasteiger charge is 2.12. The van der Waals surface area contributed by atoms with E-state index in [9.17, 15) is 13.2 Å². The van der Waals surface area contributed by atoms with E-state index in [-0.39, 0.29) is 12.3 Å². The van der Waals surface area contributed by atoms with Gasteiger partial charge in [0.2, 0.25) is 0 Å². The maximum atomic E-state index is 11.1. The van der Waals surface area contributed by atoms with E-state index in [1.165, 1.54) is 10.9 Å². The van der Waals surface area contributed by atoms with Crippen molar-refractivity contribution in [2.45, 2.75) is 6.54 Å². The Balaban J connectivity index is 2.30. The molecule has 19 heavy (non-hydrogen) atoms. The van der Waals surface area contributed by atoms with Gasteiger partial charge in [0.1, 0.15) is 15.5 Å². The van der Waals surface area contributed by atoms with Crippen molar-refractivity contribution in [3.63, 3.8) is 0 Å². The van der Waals surface area contributed by atoms with Crippen LogP contribution < -0.4 is 0 Å². The third-order valence-electron chi connectivity index (χ3n) is 2.52. The van der Waals surface area contributed by atoms with Crippen LogP contribution in [0.4, 0.5) is 0 Å². The Morgan fingerprint density at radius 1 is 1.37 bits per heavy atom. The molecular formula is C12H13N3O3S. The first-order valence-electron chi connectivity index (χ1n) is 5.61. The van der Waals surface area contributed by atoms with Crippen molar-refractivity contribution in [1.29, 1.82) is 0 Å². The molecule has 0 N–H and O–H groups in total. The summed E-state index contributed by atoms with van der Waals surface area (Å²) in [4.78, 5) is 15.1. The lowest BCUT2D eigenvalue weighted by atomic mass is 10.2. The molecule has 0 aromatic carbocycles. The number of aromatic nitrogens is 3. The first-order valence-corrected chi connectivity index (χ1v) is 7.67. The average Bonchev–Trinajstić information content (AvgIpc) is 2.80. The quantitative estimate of drug-likeness (QED) is 0.756. The van der Waals surface area contributed by atoms with Crippen molar-refractivity contribution in [1.82, 2.24) is 14.8 Å². The van der Waals surface area contributed by atoms with E-state index in [2.05, 4.69) is 10.1 Å². The largest absolute Gasteiger partial charge is 0.298 e. The topological polar surface area (TPSA) is 81.9 Å². The third kappa shape index (κ3) is 3.47. The van der Waals surface area contributed by atoms with E-state index in [1.807, 2.05) is 0 Å². The molecule has 0 spiro atoms. The monoisotopic (exact) mass is 279 g/mol. The minimum atomic E-state index is -3.06. The molecule has 2 aromatic rings. The van der Waals surface area contributed by atoms with Gasteiger partial charge in [0, 0.05) is 18.6 Å². The van der Waals surface area contributed by atoms with Crippen LogP contribution in [0.25, 0.3) is 11.4 Å². The summed E-state index contributed by atoms with van der Waals surface area (Å²) in [6.45, 7) is 0.215. The van der Waals surface area contributed by atoms with Gasteiger partial charge in [-0.1, -0.05) is 6.07 Å². The van der Waals surface area contributed by atoms with E-state index < -0.39 is 9.84 Å². The normalized spacial score (nSPS) is 11.4. The number of sulfone groups is 1. The number of hydrogen-bond acceptors (Lipinski definition) is 5. The standard InChI is InChI=1S/C12H13N3O3S/c1-19(17,18)7-6-15-8-10(9-16)12(14-15)11-4-2-3-5-13-11/h2-5,8-9H,6-7H2,1H3. The highest BCUT2D eigenvalue weighted by Crippen LogP contribution is 2.18. The molecule has 0 aliphatic carbocycles. The van der Waals surface area contributed by atoms with Gasteiger partial charge >= 0.3 is 0 Å². The maximum absolute atomic E-state index is 11.1. The molecule has 0 amide bonds. The van der Waals surface area contributed by atoms with Gasteiger partial charge in [-0.15, -0.1) is 0 Å². The molecule has 2 aromatic heterocycles. The van der Waals surface area contributed by atoms with Crippen LogP contribution in [-0.2, 0) is 16.4 Å². The Labute approximate surface area is 111 Å². The van der Waals surface area contributed by atoms with Gasteiger partial charge in [-0.05, 0) is 12.1 Å². The molecule has 7 heteroatoms. The number of aldehydes is 1. The number of hydrogen-bond donors (Lipinski definition) is 0. The molecular weight excluding hydrogens is 266 g/mol. The van der Waals surface area contributed by atoms with Crippen LogP contribution in [-0.4, -0.2) is 41.5 Å². The fourth-order valence-corrected chi connectivity index (χ4v) is 2.12. The summed E-state index contributed by atoms with van der Waals surface area (Å²) in [6, 6.07) is 5.31. The van der Waals surface area contributed by atoms with Gasteiger partial charge in [0.05, 0.1) is 23.6 Å². The number of carbonyl (C=O) groups is 1. The number of carbonyl (C=O) groups excluding carboxylic acids is 1.